The van der Waals surface area contributed by atoms with Gasteiger partial charge in [-0.05, 0) is 42.8 Å². The molecule has 1 fully saturated rings. The first-order valence-electron chi connectivity index (χ1n) is 9.32. The van der Waals surface area contributed by atoms with Gasteiger partial charge in [0, 0.05) is 37.9 Å². The highest BCUT2D eigenvalue weighted by Gasteiger charge is 2.34. The molecule has 29 heavy (non-hydrogen) atoms. The zero-order valence-corrected chi connectivity index (χ0v) is 17.3. The summed E-state index contributed by atoms with van der Waals surface area (Å²) in [5.41, 5.74) is 0.847. The van der Waals surface area contributed by atoms with Crippen LogP contribution in [0.25, 0.3) is 0 Å². The molecular formula is C21H24ClF3N2O2. The Morgan fingerprint density at radius 3 is 2.17 bits per heavy atom. The van der Waals surface area contributed by atoms with Crippen LogP contribution in [0.2, 0.25) is 5.02 Å². The van der Waals surface area contributed by atoms with E-state index in [4.69, 9.17) is 21.1 Å². The van der Waals surface area contributed by atoms with Crippen molar-refractivity contribution in [1.82, 2.24) is 4.90 Å². The molecule has 4 nitrogen and oxygen atoms in total. The van der Waals surface area contributed by atoms with Gasteiger partial charge in [0.05, 0.1) is 24.8 Å². The first-order valence-corrected chi connectivity index (χ1v) is 9.70. The van der Waals surface area contributed by atoms with Gasteiger partial charge in [0.15, 0.2) is 11.5 Å². The summed E-state index contributed by atoms with van der Waals surface area (Å²) in [7, 11) is 3.20. The van der Waals surface area contributed by atoms with Gasteiger partial charge < -0.3 is 14.4 Å². The Morgan fingerprint density at radius 1 is 0.931 bits per heavy atom. The van der Waals surface area contributed by atoms with Crippen LogP contribution in [-0.4, -0.2) is 45.3 Å². The van der Waals surface area contributed by atoms with Crippen LogP contribution in [0.1, 0.15) is 24.1 Å². The summed E-state index contributed by atoms with van der Waals surface area (Å²) in [4.78, 5) is 4.27. The maximum absolute atomic E-state index is 13.1. The third-order valence-electron chi connectivity index (χ3n) is 5.37. The quantitative estimate of drug-likeness (QED) is 0.648. The minimum atomic E-state index is -4.46. The minimum Gasteiger partial charge on any atom is -0.493 e. The van der Waals surface area contributed by atoms with Crippen LogP contribution in [0.5, 0.6) is 11.5 Å². The van der Waals surface area contributed by atoms with Crippen molar-refractivity contribution in [2.45, 2.75) is 19.1 Å². The third-order valence-corrected chi connectivity index (χ3v) is 5.70. The molecule has 1 atom stereocenters. The van der Waals surface area contributed by atoms with Crippen molar-refractivity contribution in [2.24, 2.45) is 0 Å². The van der Waals surface area contributed by atoms with Crippen LogP contribution in [0.3, 0.4) is 0 Å². The monoisotopic (exact) mass is 428 g/mol. The lowest BCUT2D eigenvalue weighted by atomic mass is 10.0. The number of nitrogens with zero attached hydrogens (tertiary/aromatic N) is 2. The number of hydrogen-bond acceptors (Lipinski definition) is 4. The Morgan fingerprint density at radius 2 is 1.59 bits per heavy atom. The molecule has 0 N–H and O–H groups in total. The first kappa shape index (κ1) is 21.6. The van der Waals surface area contributed by atoms with Gasteiger partial charge in [0.25, 0.3) is 0 Å². The Labute approximate surface area is 173 Å². The van der Waals surface area contributed by atoms with E-state index < -0.39 is 11.7 Å². The van der Waals surface area contributed by atoms with E-state index in [1.807, 2.05) is 23.1 Å². The highest BCUT2D eigenvalue weighted by molar-refractivity contribution is 6.31. The Bertz CT molecular complexity index is 852. The third kappa shape index (κ3) is 4.73. The molecule has 0 saturated carbocycles. The minimum absolute atomic E-state index is 0.146. The molecule has 2 aromatic rings. The summed E-state index contributed by atoms with van der Waals surface area (Å²) in [6.45, 7) is 4.85. The number of piperazine rings is 1. The van der Waals surface area contributed by atoms with Crippen molar-refractivity contribution < 1.29 is 22.6 Å². The topological polar surface area (TPSA) is 24.9 Å². The molecule has 2 aromatic carbocycles. The second-order valence-corrected chi connectivity index (χ2v) is 7.38. The van der Waals surface area contributed by atoms with Gasteiger partial charge in [-0.15, -0.1) is 0 Å². The number of ether oxygens (including phenoxy) is 2. The highest BCUT2D eigenvalue weighted by atomic mass is 35.5. The van der Waals surface area contributed by atoms with Crippen LogP contribution in [0.4, 0.5) is 18.9 Å². The van der Waals surface area contributed by atoms with Crippen LogP contribution >= 0.6 is 11.6 Å². The van der Waals surface area contributed by atoms with Crippen molar-refractivity contribution in [3.05, 3.63) is 52.5 Å². The molecule has 3 rings (SSSR count). The molecule has 1 saturated heterocycles. The fraction of sp³-hybridized carbons (Fsp3) is 0.429. The number of alkyl halides is 3. The van der Waals surface area contributed by atoms with E-state index in [0.29, 0.717) is 30.3 Å². The smallest absolute Gasteiger partial charge is 0.417 e. The fourth-order valence-corrected chi connectivity index (χ4v) is 3.84. The van der Waals surface area contributed by atoms with Gasteiger partial charge in [0.1, 0.15) is 0 Å². The normalized spacial score (nSPS) is 16.6. The lowest BCUT2D eigenvalue weighted by Crippen LogP contribution is -2.47. The molecule has 158 valence electrons. The van der Waals surface area contributed by atoms with Gasteiger partial charge in [-0.1, -0.05) is 17.7 Å². The van der Waals surface area contributed by atoms with Crippen LogP contribution in [-0.2, 0) is 6.18 Å². The largest absolute Gasteiger partial charge is 0.493 e. The van der Waals surface area contributed by atoms with Crippen molar-refractivity contribution in [2.75, 3.05) is 45.3 Å². The summed E-state index contributed by atoms with van der Waals surface area (Å²) in [6.07, 6.45) is -4.46. The second kappa shape index (κ2) is 8.71. The molecule has 0 bridgehead atoms. The molecule has 1 heterocycles. The van der Waals surface area contributed by atoms with Crippen molar-refractivity contribution in [1.29, 1.82) is 0 Å². The van der Waals surface area contributed by atoms with Gasteiger partial charge in [0.2, 0.25) is 0 Å². The maximum Gasteiger partial charge on any atom is 0.417 e. The van der Waals surface area contributed by atoms with E-state index in [-0.39, 0.29) is 11.1 Å². The predicted octanol–water partition coefficient (Wildman–Crippen LogP) is 5.26. The summed E-state index contributed by atoms with van der Waals surface area (Å²) in [5, 5.41) is -0.276. The molecule has 1 aliphatic rings. The van der Waals surface area contributed by atoms with Crippen molar-refractivity contribution >= 4 is 17.3 Å². The summed E-state index contributed by atoms with van der Waals surface area (Å²) in [6, 6.07) is 10.1. The molecule has 0 aliphatic carbocycles. The number of halogens is 4. The Balaban J connectivity index is 1.69. The lowest BCUT2D eigenvalue weighted by Gasteiger charge is -2.39. The van der Waals surface area contributed by atoms with E-state index in [2.05, 4.69) is 11.8 Å². The molecule has 0 radical (unpaired) electrons. The average Bonchev–Trinajstić information content (AvgIpc) is 2.72. The van der Waals surface area contributed by atoms with E-state index in [1.54, 1.807) is 20.3 Å². The lowest BCUT2D eigenvalue weighted by molar-refractivity contribution is -0.137. The fourth-order valence-electron chi connectivity index (χ4n) is 3.62. The van der Waals surface area contributed by atoms with Crippen molar-refractivity contribution in [3.8, 4) is 11.5 Å². The van der Waals surface area contributed by atoms with Gasteiger partial charge in [-0.25, -0.2) is 0 Å². The SMILES string of the molecule is COc1ccc([C@H](C)N2CCN(c3ccc(Cl)c(C(F)(F)F)c3)CC2)cc1OC. The summed E-state index contributed by atoms with van der Waals surface area (Å²) < 4.78 is 50.1. The Kier molecular flexibility index (Phi) is 6.49. The number of hydrogen-bond donors (Lipinski definition) is 0. The van der Waals surface area contributed by atoms with E-state index in [9.17, 15) is 13.2 Å². The Hall–Kier alpha value is -2.12. The highest BCUT2D eigenvalue weighted by Crippen LogP contribution is 2.37. The predicted molar refractivity (Wildman–Crippen MR) is 108 cm³/mol. The van der Waals surface area contributed by atoms with Gasteiger partial charge in [-0.3, -0.25) is 4.90 Å². The van der Waals surface area contributed by atoms with Crippen molar-refractivity contribution in [3.63, 3.8) is 0 Å². The first-order chi connectivity index (χ1) is 13.7. The van der Waals surface area contributed by atoms with Gasteiger partial charge >= 0.3 is 6.18 Å². The number of methoxy groups -OCH3 is 2. The zero-order chi connectivity index (χ0) is 21.2. The maximum atomic E-state index is 13.1. The molecular weight excluding hydrogens is 405 g/mol. The molecule has 0 amide bonds. The number of rotatable bonds is 5. The summed E-state index contributed by atoms with van der Waals surface area (Å²) in [5.74, 6) is 1.35. The molecule has 0 spiro atoms. The van der Waals surface area contributed by atoms with Crippen LogP contribution in [0.15, 0.2) is 36.4 Å². The van der Waals surface area contributed by atoms with Crippen LogP contribution in [0, 0.1) is 0 Å². The van der Waals surface area contributed by atoms with Crippen LogP contribution < -0.4 is 14.4 Å². The molecule has 8 heteroatoms. The average molecular weight is 429 g/mol. The second-order valence-electron chi connectivity index (χ2n) is 6.98. The summed E-state index contributed by atoms with van der Waals surface area (Å²) >= 11 is 5.73. The van der Waals surface area contributed by atoms with E-state index >= 15 is 0 Å². The number of anilines is 1. The standard InChI is InChI=1S/C21H24ClF3N2O2/c1-14(15-4-7-19(28-2)20(12-15)29-3)26-8-10-27(11-9-26)16-5-6-18(22)17(13-16)21(23,24)25/h4-7,12-14H,8-11H2,1-3H3/t14-/m0/s1. The van der Waals surface area contributed by atoms with E-state index in [1.165, 1.54) is 6.07 Å². The van der Waals surface area contributed by atoms with E-state index in [0.717, 1.165) is 24.7 Å². The molecule has 0 aromatic heterocycles. The van der Waals surface area contributed by atoms with Gasteiger partial charge in [-0.2, -0.15) is 13.2 Å². The molecule has 1 aliphatic heterocycles. The zero-order valence-electron chi connectivity index (χ0n) is 16.6. The number of benzene rings is 2. The molecule has 0 unspecified atom stereocenters.